The topological polar surface area (TPSA) is 114 Å². The van der Waals surface area contributed by atoms with Gasteiger partial charge >= 0.3 is 0 Å². The monoisotopic (exact) mass is 246 g/mol. The third-order valence-corrected chi connectivity index (χ3v) is 2.64. The molecule has 1 aromatic carbocycles. The lowest BCUT2D eigenvalue weighted by molar-refractivity contribution is -0.125. The molecule has 2 aromatic rings. The van der Waals surface area contributed by atoms with Crippen LogP contribution < -0.4 is 16.8 Å². The summed E-state index contributed by atoms with van der Waals surface area (Å²) in [5.74, 6) is -0.775. The zero-order valence-corrected chi connectivity index (χ0v) is 9.63. The van der Waals surface area contributed by atoms with E-state index in [1.54, 1.807) is 18.3 Å². The summed E-state index contributed by atoms with van der Waals surface area (Å²) < 4.78 is 0. The van der Waals surface area contributed by atoms with Gasteiger partial charge in [-0.25, -0.2) is 0 Å². The molecule has 1 aromatic heterocycles. The maximum absolute atomic E-state index is 10.7. The highest BCUT2D eigenvalue weighted by Gasteiger charge is 2.11. The van der Waals surface area contributed by atoms with Crippen LogP contribution in [0.1, 0.15) is 0 Å². The van der Waals surface area contributed by atoms with Gasteiger partial charge in [-0.3, -0.25) is 9.78 Å². The molecule has 1 heterocycles. The van der Waals surface area contributed by atoms with Crippen LogP contribution in [0.15, 0.2) is 30.5 Å². The molecule has 1 unspecified atom stereocenters. The summed E-state index contributed by atoms with van der Waals surface area (Å²) >= 11 is 0. The lowest BCUT2D eigenvalue weighted by Crippen LogP contribution is -2.34. The predicted molar refractivity (Wildman–Crippen MR) is 69.8 cm³/mol. The van der Waals surface area contributed by atoms with Crippen LogP contribution in [0.2, 0.25) is 0 Å². The summed E-state index contributed by atoms with van der Waals surface area (Å²) in [4.78, 5) is 14.9. The first kappa shape index (κ1) is 12.1. The number of carbonyl (C=O) groups excluding carboxylic acids is 1. The number of fused-ring (bicyclic) bond motifs is 1. The minimum atomic E-state index is -1.24. The molecule has 94 valence electrons. The number of primary amides is 1. The zero-order valence-electron chi connectivity index (χ0n) is 9.63. The SMILES string of the molecule is NC(=O)C(O)CNc1ccc2ncccc2c1N. The molecule has 1 amide bonds. The second kappa shape index (κ2) is 4.89. The summed E-state index contributed by atoms with van der Waals surface area (Å²) in [5, 5.41) is 13.0. The van der Waals surface area contributed by atoms with E-state index in [4.69, 9.17) is 11.5 Å². The number of nitrogens with two attached hydrogens (primary N) is 2. The number of benzene rings is 1. The lowest BCUT2D eigenvalue weighted by Gasteiger charge is -2.13. The van der Waals surface area contributed by atoms with Crippen LogP contribution >= 0.6 is 0 Å². The maximum atomic E-state index is 10.7. The number of pyridine rings is 1. The second-order valence-corrected chi connectivity index (χ2v) is 3.90. The van der Waals surface area contributed by atoms with Gasteiger partial charge in [0, 0.05) is 18.1 Å². The molecule has 0 radical (unpaired) electrons. The Hall–Kier alpha value is -2.34. The van der Waals surface area contributed by atoms with Gasteiger partial charge in [0.1, 0.15) is 6.10 Å². The van der Waals surface area contributed by atoms with Crippen LogP contribution in [0, 0.1) is 0 Å². The van der Waals surface area contributed by atoms with Crippen molar-refractivity contribution in [2.24, 2.45) is 5.73 Å². The van der Waals surface area contributed by atoms with Crippen LogP contribution in [-0.4, -0.2) is 28.6 Å². The number of nitrogen functional groups attached to an aromatic ring is 1. The number of aliphatic hydroxyl groups excluding tert-OH is 1. The first-order chi connectivity index (χ1) is 8.59. The Morgan fingerprint density at radius 2 is 2.22 bits per heavy atom. The molecular formula is C12H14N4O2. The third kappa shape index (κ3) is 2.33. The van der Waals surface area contributed by atoms with Crippen LogP contribution in [-0.2, 0) is 4.79 Å². The van der Waals surface area contributed by atoms with Crippen molar-refractivity contribution in [2.75, 3.05) is 17.6 Å². The molecule has 2 rings (SSSR count). The first-order valence-corrected chi connectivity index (χ1v) is 5.44. The van der Waals surface area contributed by atoms with Gasteiger partial charge in [-0.1, -0.05) is 0 Å². The highest BCUT2D eigenvalue weighted by Crippen LogP contribution is 2.27. The first-order valence-electron chi connectivity index (χ1n) is 5.44. The largest absolute Gasteiger partial charge is 0.397 e. The van der Waals surface area contributed by atoms with Crippen molar-refractivity contribution in [3.8, 4) is 0 Å². The summed E-state index contributed by atoms with van der Waals surface area (Å²) in [6.07, 6.45) is 0.445. The van der Waals surface area contributed by atoms with Gasteiger partial charge in [0.15, 0.2) is 0 Å². The number of aliphatic hydroxyl groups is 1. The highest BCUT2D eigenvalue weighted by atomic mass is 16.3. The van der Waals surface area contributed by atoms with Crippen LogP contribution in [0.3, 0.4) is 0 Å². The molecule has 0 aliphatic rings. The number of amides is 1. The highest BCUT2D eigenvalue weighted by molar-refractivity contribution is 5.96. The fourth-order valence-corrected chi connectivity index (χ4v) is 1.64. The minimum Gasteiger partial charge on any atom is -0.397 e. The molecule has 0 fully saturated rings. The van der Waals surface area contributed by atoms with E-state index in [1.165, 1.54) is 0 Å². The minimum absolute atomic E-state index is 0.0191. The van der Waals surface area contributed by atoms with Gasteiger partial charge in [-0.05, 0) is 24.3 Å². The van der Waals surface area contributed by atoms with Gasteiger partial charge in [0.25, 0.3) is 0 Å². The average molecular weight is 246 g/mol. The van der Waals surface area contributed by atoms with E-state index in [0.717, 1.165) is 10.9 Å². The van der Waals surface area contributed by atoms with Crippen LogP contribution in [0.5, 0.6) is 0 Å². The van der Waals surface area contributed by atoms with Gasteiger partial charge in [0.2, 0.25) is 5.91 Å². The van der Waals surface area contributed by atoms with Crippen molar-refractivity contribution < 1.29 is 9.90 Å². The van der Waals surface area contributed by atoms with Crippen LogP contribution in [0.4, 0.5) is 11.4 Å². The number of anilines is 2. The molecule has 6 heteroatoms. The fourth-order valence-electron chi connectivity index (χ4n) is 1.64. The number of carbonyl (C=O) groups is 1. The number of aromatic nitrogens is 1. The number of hydrogen-bond acceptors (Lipinski definition) is 5. The quantitative estimate of drug-likeness (QED) is 0.570. The smallest absolute Gasteiger partial charge is 0.248 e. The average Bonchev–Trinajstić information content (AvgIpc) is 2.38. The molecule has 6 nitrogen and oxygen atoms in total. The van der Waals surface area contributed by atoms with E-state index in [-0.39, 0.29) is 6.54 Å². The van der Waals surface area contributed by atoms with Crippen molar-refractivity contribution in [1.29, 1.82) is 0 Å². The summed E-state index contributed by atoms with van der Waals surface area (Å²) in [6.45, 7) is 0.0191. The zero-order chi connectivity index (χ0) is 13.1. The van der Waals surface area contributed by atoms with Gasteiger partial charge < -0.3 is 21.9 Å². The predicted octanol–water partition coefficient (Wildman–Crippen LogP) is 0.0751. The van der Waals surface area contributed by atoms with Crippen molar-refractivity contribution in [3.05, 3.63) is 30.5 Å². The molecule has 0 saturated heterocycles. The summed E-state index contributed by atoms with van der Waals surface area (Å²) in [7, 11) is 0. The van der Waals surface area contributed by atoms with Crippen molar-refractivity contribution in [3.63, 3.8) is 0 Å². The van der Waals surface area contributed by atoms with Crippen LogP contribution in [0.25, 0.3) is 10.9 Å². The normalized spacial score (nSPS) is 12.3. The lowest BCUT2D eigenvalue weighted by atomic mass is 10.1. The third-order valence-electron chi connectivity index (χ3n) is 2.64. The molecule has 0 spiro atoms. The number of nitrogens with one attached hydrogen (secondary N) is 1. The molecule has 0 saturated carbocycles. The van der Waals surface area contributed by atoms with Crippen molar-refractivity contribution >= 4 is 28.2 Å². The van der Waals surface area contributed by atoms with Crippen molar-refractivity contribution in [1.82, 2.24) is 4.98 Å². The molecule has 0 aliphatic heterocycles. The molecule has 18 heavy (non-hydrogen) atoms. The Balaban J connectivity index is 2.24. The van der Waals surface area contributed by atoms with Gasteiger partial charge in [-0.15, -0.1) is 0 Å². The van der Waals surface area contributed by atoms with Crippen molar-refractivity contribution in [2.45, 2.75) is 6.10 Å². The van der Waals surface area contributed by atoms with E-state index in [9.17, 15) is 9.90 Å². The van der Waals surface area contributed by atoms with E-state index in [2.05, 4.69) is 10.3 Å². The molecular weight excluding hydrogens is 232 g/mol. The Kier molecular flexibility index (Phi) is 3.29. The Morgan fingerprint density at radius 1 is 1.44 bits per heavy atom. The van der Waals surface area contributed by atoms with E-state index >= 15 is 0 Å². The van der Waals surface area contributed by atoms with E-state index < -0.39 is 12.0 Å². The number of nitrogens with zero attached hydrogens (tertiary/aromatic N) is 1. The number of hydrogen-bond donors (Lipinski definition) is 4. The van der Waals surface area contributed by atoms with Gasteiger partial charge in [0.05, 0.1) is 16.9 Å². The molecule has 1 atom stereocenters. The molecule has 0 bridgehead atoms. The summed E-state index contributed by atoms with van der Waals surface area (Å²) in [6, 6.07) is 7.21. The maximum Gasteiger partial charge on any atom is 0.248 e. The second-order valence-electron chi connectivity index (χ2n) is 3.90. The van der Waals surface area contributed by atoms with Gasteiger partial charge in [-0.2, -0.15) is 0 Å². The standard InChI is InChI=1S/C12H14N4O2/c13-11-7-2-1-5-15-8(7)3-4-9(11)16-6-10(17)12(14)18/h1-5,10,16-17H,6,13H2,(H2,14,18). The fraction of sp³-hybridized carbons (Fsp3) is 0.167. The Labute approximate surface area is 104 Å². The molecule has 0 aliphatic carbocycles. The number of rotatable bonds is 4. The summed E-state index contributed by atoms with van der Waals surface area (Å²) in [5.41, 5.74) is 12.9. The van der Waals surface area contributed by atoms with E-state index in [1.807, 2.05) is 12.1 Å². The Bertz CT molecular complexity index is 585. The molecule has 6 N–H and O–H groups in total. The Morgan fingerprint density at radius 3 is 2.94 bits per heavy atom. The van der Waals surface area contributed by atoms with E-state index in [0.29, 0.717) is 11.4 Å².